The number of methoxy groups -OCH3 is 1. The minimum Gasteiger partial charge on any atom is -0.497 e. The summed E-state index contributed by atoms with van der Waals surface area (Å²) >= 11 is 0. The average molecular weight is 222 g/mol. The summed E-state index contributed by atoms with van der Waals surface area (Å²) in [4.78, 5) is 0. The Morgan fingerprint density at radius 3 is 2.31 bits per heavy atom. The summed E-state index contributed by atoms with van der Waals surface area (Å²) in [7, 11) is 1.65. The molecule has 1 aromatic carbocycles. The molecular weight excluding hydrogens is 200 g/mol. The highest BCUT2D eigenvalue weighted by atomic mass is 16.5. The van der Waals surface area contributed by atoms with E-state index in [0.29, 0.717) is 0 Å². The fraction of sp³-hybridized carbons (Fsp3) is 0.571. The molecule has 0 bridgehead atoms. The first-order chi connectivity index (χ1) is 7.60. The SMILES string of the molecule is CCCCCC(C)(O)c1ccc(OC)cc1. The molecule has 0 spiro atoms. The third-order valence-electron chi connectivity index (χ3n) is 2.98. The Morgan fingerprint density at radius 2 is 1.81 bits per heavy atom. The van der Waals surface area contributed by atoms with Gasteiger partial charge in [-0.15, -0.1) is 0 Å². The lowest BCUT2D eigenvalue weighted by Gasteiger charge is -2.24. The zero-order valence-electron chi connectivity index (χ0n) is 10.5. The molecule has 0 aliphatic carbocycles. The normalized spacial score (nSPS) is 14.5. The van der Waals surface area contributed by atoms with Crippen molar-refractivity contribution >= 4 is 0 Å². The van der Waals surface area contributed by atoms with Gasteiger partial charge >= 0.3 is 0 Å². The van der Waals surface area contributed by atoms with E-state index in [1.165, 1.54) is 12.8 Å². The second kappa shape index (κ2) is 5.90. The van der Waals surface area contributed by atoms with Crippen molar-refractivity contribution in [3.05, 3.63) is 29.8 Å². The lowest BCUT2D eigenvalue weighted by molar-refractivity contribution is 0.0449. The molecule has 1 unspecified atom stereocenters. The van der Waals surface area contributed by atoms with E-state index in [9.17, 15) is 5.11 Å². The van der Waals surface area contributed by atoms with Gasteiger partial charge in [0.2, 0.25) is 0 Å². The number of unbranched alkanes of at least 4 members (excludes halogenated alkanes) is 2. The van der Waals surface area contributed by atoms with Crippen LogP contribution in [0.1, 0.15) is 45.1 Å². The minimum atomic E-state index is -0.721. The summed E-state index contributed by atoms with van der Waals surface area (Å²) in [5.41, 5.74) is 0.242. The Bertz CT molecular complexity index is 301. The second-order valence-electron chi connectivity index (χ2n) is 4.46. The molecule has 0 aliphatic heterocycles. The van der Waals surface area contributed by atoms with E-state index in [-0.39, 0.29) is 0 Å². The standard InChI is InChI=1S/C14H22O2/c1-4-5-6-11-14(2,15)12-7-9-13(16-3)10-8-12/h7-10,15H,4-6,11H2,1-3H3. The highest BCUT2D eigenvalue weighted by molar-refractivity contribution is 5.30. The van der Waals surface area contributed by atoms with Crippen molar-refractivity contribution < 1.29 is 9.84 Å². The van der Waals surface area contributed by atoms with Gasteiger partial charge in [-0.2, -0.15) is 0 Å². The smallest absolute Gasteiger partial charge is 0.118 e. The fourth-order valence-corrected chi connectivity index (χ4v) is 1.81. The van der Waals surface area contributed by atoms with E-state index in [0.717, 1.165) is 24.2 Å². The molecule has 1 rings (SSSR count). The van der Waals surface area contributed by atoms with Gasteiger partial charge in [-0.1, -0.05) is 38.3 Å². The van der Waals surface area contributed by atoms with Crippen molar-refractivity contribution in [3.63, 3.8) is 0 Å². The van der Waals surface area contributed by atoms with Crippen LogP contribution in [0.15, 0.2) is 24.3 Å². The Hall–Kier alpha value is -1.02. The molecule has 0 amide bonds. The van der Waals surface area contributed by atoms with Crippen molar-refractivity contribution in [2.45, 2.75) is 45.1 Å². The van der Waals surface area contributed by atoms with Crippen LogP contribution in [0.25, 0.3) is 0 Å². The van der Waals surface area contributed by atoms with E-state index in [1.54, 1.807) is 7.11 Å². The van der Waals surface area contributed by atoms with Crippen LogP contribution in [0.3, 0.4) is 0 Å². The van der Waals surface area contributed by atoms with Crippen LogP contribution in [-0.2, 0) is 5.60 Å². The first kappa shape index (κ1) is 13.0. The third kappa shape index (κ3) is 3.53. The predicted molar refractivity (Wildman–Crippen MR) is 66.7 cm³/mol. The van der Waals surface area contributed by atoms with Gasteiger partial charge < -0.3 is 9.84 Å². The van der Waals surface area contributed by atoms with Gasteiger partial charge in [-0.25, -0.2) is 0 Å². The summed E-state index contributed by atoms with van der Waals surface area (Å²) in [5, 5.41) is 10.3. The van der Waals surface area contributed by atoms with E-state index < -0.39 is 5.60 Å². The Kier molecular flexibility index (Phi) is 4.81. The van der Waals surface area contributed by atoms with Crippen LogP contribution in [0.2, 0.25) is 0 Å². The van der Waals surface area contributed by atoms with E-state index >= 15 is 0 Å². The quantitative estimate of drug-likeness (QED) is 0.747. The molecule has 0 saturated carbocycles. The molecule has 1 aromatic rings. The summed E-state index contributed by atoms with van der Waals surface area (Å²) < 4.78 is 5.10. The number of hydrogen-bond acceptors (Lipinski definition) is 2. The molecule has 16 heavy (non-hydrogen) atoms. The maximum Gasteiger partial charge on any atom is 0.118 e. The highest BCUT2D eigenvalue weighted by Gasteiger charge is 2.21. The molecule has 90 valence electrons. The first-order valence-electron chi connectivity index (χ1n) is 5.97. The molecule has 0 heterocycles. The molecule has 1 N–H and O–H groups in total. The summed E-state index contributed by atoms with van der Waals surface area (Å²) in [6.45, 7) is 4.05. The van der Waals surface area contributed by atoms with Gasteiger partial charge in [-0.3, -0.25) is 0 Å². The van der Waals surface area contributed by atoms with Crippen molar-refractivity contribution in [2.24, 2.45) is 0 Å². The third-order valence-corrected chi connectivity index (χ3v) is 2.98. The molecular formula is C14H22O2. The van der Waals surface area contributed by atoms with Gasteiger partial charge in [0.15, 0.2) is 0 Å². The Labute approximate surface area is 98.3 Å². The lowest BCUT2D eigenvalue weighted by Crippen LogP contribution is -2.20. The summed E-state index contributed by atoms with van der Waals surface area (Å²) in [6.07, 6.45) is 4.23. The van der Waals surface area contributed by atoms with Crippen molar-refractivity contribution in [1.82, 2.24) is 0 Å². The molecule has 0 fully saturated rings. The van der Waals surface area contributed by atoms with Gasteiger partial charge in [-0.05, 0) is 31.0 Å². The molecule has 0 saturated heterocycles. The number of aliphatic hydroxyl groups is 1. The van der Waals surface area contributed by atoms with Crippen LogP contribution in [0.5, 0.6) is 5.75 Å². The van der Waals surface area contributed by atoms with E-state index in [4.69, 9.17) is 4.74 Å². The van der Waals surface area contributed by atoms with Crippen molar-refractivity contribution in [1.29, 1.82) is 0 Å². The van der Waals surface area contributed by atoms with Crippen molar-refractivity contribution in [3.8, 4) is 5.75 Å². The Morgan fingerprint density at radius 1 is 1.19 bits per heavy atom. The van der Waals surface area contributed by atoms with Crippen LogP contribution in [0, 0.1) is 0 Å². The monoisotopic (exact) mass is 222 g/mol. The summed E-state index contributed by atoms with van der Waals surface area (Å²) in [6, 6.07) is 7.66. The van der Waals surface area contributed by atoms with Crippen LogP contribution >= 0.6 is 0 Å². The summed E-state index contributed by atoms with van der Waals surface area (Å²) in [5.74, 6) is 0.827. The number of ether oxygens (including phenoxy) is 1. The van der Waals surface area contributed by atoms with E-state index in [2.05, 4.69) is 6.92 Å². The van der Waals surface area contributed by atoms with Gasteiger partial charge in [0.25, 0.3) is 0 Å². The largest absolute Gasteiger partial charge is 0.497 e. The zero-order chi connectivity index (χ0) is 12.0. The maximum absolute atomic E-state index is 10.3. The van der Waals surface area contributed by atoms with Crippen LogP contribution in [-0.4, -0.2) is 12.2 Å². The molecule has 2 nitrogen and oxygen atoms in total. The van der Waals surface area contributed by atoms with Gasteiger partial charge in [0.05, 0.1) is 12.7 Å². The zero-order valence-corrected chi connectivity index (χ0v) is 10.5. The Balaban J connectivity index is 2.65. The molecule has 0 aliphatic rings. The minimum absolute atomic E-state index is 0.721. The lowest BCUT2D eigenvalue weighted by atomic mass is 9.90. The molecule has 1 atom stereocenters. The second-order valence-corrected chi connectivity index (χ2v) is 4.46. The maximum atomic E-state index is 10.3. The van der Waals surface area contributed by atoms with Gasteiger partial charge in [0, 0.05) is 0 Å². The average Bonchev–Trinajstić information content (AvgIpc) is 2.29. The predicted octanol–water partition coefficient (Wildman–Crippen LogP) is 3.48. The van der Waals surface area contributed by atoms with Crippen LogP contribution in [0.4, 0.5) is 0 Å². The molecule has 0 radical (unpaired) electrons. The van der Waals surface area contributed by atoms with Crippen molar-refractivity contribution in [2.75, 3.05) is 7.11 Å². The molecule has 2 heteroatoms. The number of benzene rings is 1. The van der Waals surface area contributed by atoms with Crippen LogP contribution < -0.4 is 4.74 Å². The highest BCUT2D eigenvalue weighted by Crippen LogP contribution is 2.28. The topological polar surface area (TPSA) is 29.5 Å². The fourth-order valence-electron chi connectivity index (χ4n) is 1.81. The number of rotatable bonds is 6. The first-order valence-corrected chi connectivity index (χ1v) is 5.97. The molecule has 0 aromatic heterocycles. The number of hydrogen-bond donors (Lipinski definition) is 1. The van der Waals surface area contributed by atoms with Gasteiger partial charge in [0.1, 0.15) is 5.75 Å². The van der Waals surface area contributed by atoms with E-state index in [1.807, 2.05) is 31.2 Å².